The number of rotatable bonds is 4. The molecule has 22 heavy (non-hydrogen) atoms. The molecule has 118 valence electrons. The third kappa shape index (κ3) is 3.66. The highest BCUT2D eigenvalue weighted by atomic mass is 16.5. The molecule has 0 N–H and O–H groups in total. The molecule has 0 bridgehead atoms. The molecule has 4 heteroatoms. The average Bonchev–Trinajstić information content (AvgIpc) is 2.54. The number of hydrogen-bond acceptors (Lipinski definition) is 4. The van der Waals surface area contributed by atoms with Crippen LogP contribution in [0.3, 0.4) is 0 Å². The largest absolute Gasteiger partial charge is 0.469 e. The van der Waals surface area contributed by atoms with E-state index in [0.717, 1.165) is 6.42 Å². The van der Waals surface area contributed by atoms with Crippen molar-refractivity contribution in [3.8, 4) is 6.07 Å². The first-order valence-electron chi connectivity index (χ1n) is 7.83. The van der Waals surface area contributed by atoms with Crippen LogP contribution in [0, 0.1) is 23.2 Å². The predicted molar refractivity (Wildman–Crippen MR) is 84.8 cm³/mol. The number of nitriles is 1. The van der Waals surface area contributed by atoms with Gasteiger partial charge in [0, 0.05) is 12.6 Å². The summed E-state index contributed by atoms with van der Waals surface area (Å²) in [6.45, 7) is 5.03. The van der Waals surface area contributed by atoms with E-state index in [9.17, 15) is 10.1 Å². The monoisotopic (exact) mass is 300 g/mol. The van der Waals surface area contributed by atoms with Gasteiger partial charge in [0.15, 0.2) is 0 Å². The number of ether oxygens (including phenoxy) is 1. The first-order valence-corrected chi connectivity index (χ1v) is 7.83. The van der Waals surface area contributed by atoms with Crippen molar-refractivity contribution in [2.24, 2.45) is 11.8 Å². The summed E-state index contributed by atoms with van der Waals surface area (Å²) < 4.78 is 4.86. The summed E-state index contributed by atoms with van der Waals surface area (Å²) in [6.07, 6.45) is 1.19. The van der Waals surface area contributed by atoms with Gasteiger partial charge in [0.25, 0.3) is 0 Å². The third-order valence-corrected chi connectivity index (χ3v) is 4.89. The zero-order valence-electron chi connectivity index (χ0n) is 13.5. The van der Waals surface area contributed by atoms with Gasteiger partial charge in [-0.1, -0.05) is 44.2 Å². The zero-order valence-corrected chi connectivity index (χ0v) is 13.5. The second-order valence-electron chi connectivity index (χ2n) is 6.22. The molecule has 0 saturated carbocycles. The van der Waals surface area contributed by atoms with Gasteiger partial charge in [-0.05, 0) is 23.8 Å². The summed E-state index contributed by atoms with van der Waals surface area (Å²) in [4.78, 5) is 14.0. The Labute approximate surface area is 132 Å². The van der Waals surface area contributed by atoms with Crippen molar-refractivity contribution in [1.29, 1.82) is 5.26 Å². The Hall–Kier alpha value is -1.86. The van der Waals surface area contributed by atoms with Crippen LogP contribution in [-0.4, -0.2) is 30.1 Å². The molecular weight excluding hydrogens is 276 g/mol. The lowest BCUT2D eigenvalue weighted by Crippen LogP contribution is -2.53. The maximum atomic E-state index is 11.8. The lowest BCUT2D eigenvalue weighted by Gasteiger charge is -2.45. The molecule has 1 saturated heterocycles. The second kappa shape index (κ2) is 7.42. The van der Waals surface area contributed by atoms with E-state index >= 15 is 0 Å². The minimum Gasteiger partial charge on any atom is -0.469 e. The van der Waals surface area contributed by atoms with Crippen LogP contribution in [0.25, 0.3) is 0 Å². The van der Waals surface area contributed by atoms with Crippen molar-refractivity contribution in [3.63, 3.8) is 0 Å². The van der Waals surface area contributed by atoms with Gasteiger partial charge in [-0.2, -0.15) is 5.26 Å². The standard InChI is InChI=1S/C18H24N2O2/c1-13-9-16(11-19)20(12-15-7-5-4-6-8-15)17(14(13)2)10-18(21)22-3/h4-8,13-14,16-17H,9-10,12H2,1-3H3/t13-,14+,16?,17-/m1/s1. The van der Waals surface area contributed by atoms with Crippen molar-refractivity contribution in [1.82, 2.24) is 4.90 Å². The first-order chi connectivity index (χ1) is 10.6. The van der Waals surface area contributed by atoms with E-state index in [-0.39, 0.29) is 18.1 Å². The highest BCUT2D eigenvalue weighted by molar-refractivity contribution is 5.70. The molecule has 1 aromatic rings. The van der Waals surface area contributed by atoms with Gasteiger partial charge in [-0.3, -0.25) is 9.69 Å². The van der Waals surface area contributed by atoms with Gasteiger partial charge in [0.2, 0.25) is 0 Å². The molecule has 0 aliphatic carbocycles. The SMILES string of the molecule is COC(=O)C[C@@H]1[C@@H](C)[C@H](C)CC(C#N)N1Cc1ccccc1. The number of nitrogens with zero attached hydrogens (tertiary/aromatic N) is 2. The Bertz CT molecular complexity index is 538. The van der Waals surface area contributed by atoms with Gasteiger partial charge in [-0.25, -0.2) is 0 Å². The maximum Gasteiger partial charge on any atom is 0.307 e. The Balaban J connectivity index is 2.25. The molecule has 0 spiro atoms. The Morgan fingerprint density at radius 2 is 2.05 bits per heavy atom. The van der Waals surface area contributed by atoms with Crippen LogP contribution in [-0.2, 0) is 16.1 Å². The van der Waals surface area contributed by atoms with Crippen LogP contribution in [0.4, 0.5) is 0 Å². The molecular formula is C18H24N2O2. The van der Waals surface area contributed by atoms with Crippen LogP contribution >= 0.6 is 0 Å². The Morgan fingerprint density at radius 1 is 1.36 bits per heavy atom. The number of carbonyl (C=O) groups is 1. The summed E-state index contributed by atoms with van der Waals surface area (Å²) >= 11 is 0. The molecule has 0 aromatic heterocycles. The van der Waals surface area contributed by atoms with E-state index in [0.29, 0.717) is 24.8 Å². The van der Waals surface area contributed by atoms with Crippen molar-refractivity contribution in [3.05, 3.63) is 35.9 Å². The number of benzene rings is 1. The number of likely N-dealkylation sites (tertiary alicyclic amines) is 1. The van der Waals surface area contributed by atoms with E-state index in [1.165, 1.54) is 12.7 Å². The fourth-order valence-corrected chi connectivity index (χ4v) is 3.32. The van der Waals surface area contributed by atoms with Gasteiger partial charge < -0.3 is 4.74 Å². The van der Waals surface area contributed by atoms with Crippen molar-refractivity contribution in [2.75, 3.05) is 7.11 Å². The topological polar surface area (TPSA) is 53.3 Å². The maximum absolute atomic E-state index is 11.8. The summed E-state index contributed by atoms with van der Waals surface area (Å²) in [7, 11) is 1.42. The second-order valence-corrected chi connectivity index (χ2v) is 6.22. The number of esters is 1. The molecule has 4 atom stereocenters. The first kappa shape index (κ1) is 16.5. The number of piperidine rings is 1. The highest BCUT2D eigenvalue weighted by Gasteiger charge is 2.40. The minimum absolute atomic E-state index is 0.0426. The zero-order chi connectivity index (χ0) is 16.1. The molecule has 1 heterocycles. The molecule has 1 aliphatic heterocycles. The number of methoxy groups -OCH3 is 1. The minimum atomic E-state index is -0.208. The average molecular weight is 300 g/mol. The molecule has 1 aromatic carbocycles. The molecule has 1 aliphatic rings. The van der Waals surface area contributed by atoms with Crippen molar-refractivity contribution >= 4 is 5.97 Å². The summed E-state index contributed by atoms with van der Waals surface area (Å²) in [5.41, 5.74) is 1.17. The van der Waals surface area contributed by atoms with Crippen LogP contribution in [0.1, 0.15) is 32.3 Å². The fraction of sp³-hybridized carbons (Fsp3) is 0.556. The van der Waals surface area contributed by atoms with Crippen molar-refractivity contribution in [2.45, 2.75) is 45.3 Å². The van der Waals surface area contributed by atoms with Crippen LogP contribution in [0.15, 0.2) is 30.3 Å². The molecule has 1 unspecified atom stereocenters. The third-order valence-electron chi connectivity index (χ3n) is 4.89. The molecule has 0 amide bonds. The van der Waals surface area contributed by atoms with E-state index in [1.54, 1.807) is 0 Å². The van der Waals surface area contributed by atoms with E-state index in [1.807, 2.05) is 18.2 Å². The summed E-state index contributed by atoms with van der Waals surface area (Å²) in [6, 6.07) is 12.4. The number of carbonyl (C=O) groups excluding carboxylic acids is 1. The lowest BCUT2D eigenvalue weighted by atomic mass is 9.77. The van der Waals surface area contributed by atoms with Crippen LogP contribution in [0.2, 0.25) is 0 Å². The Morgan fingerprint density at radius 3 is 2.64 bits per heavy atom. The summed E-state index contributed by atoms with van der Waals surface area (Å²) in [5.74, 6) is 0.569. The lowest BCUT2D eigenvalue weighted by molar-refractivity contribution is -0.143. The van der Waals surface area contributed by atoms with Crippen LogP contribution in [0.5, 0.6) is 0 Å². The number of hydrogen-bond donors (Lipinski definition) is 0. The normalized spacial score (nSPS) is 28.8. The molecule has 4 nitrogen and oxygen atoms in total. The van der Waals surface area contributed by atoms with E-state index < -0.39 is 0 Å². The van der Waals surface area contributed by atoms with Gasteiger partial charge >= 0.3 is 5.97 Å². The van der Waals surface area contributed by atoms with Gasteiger partial charge in [0.1, 0.15) is 0 Å². The van der Waals surface area contributed by atoms with E-state index in [4.69, 9.17) is 4.74 Å². The molecule has 0 radical (unpaired) electrons. The van der Waals surface area contributed by atoms with Crippen molar-refractivity contribution < 1.29 is 9.53 Å². The van der Waals surface area contributed by atoms with Gasteiger partial charge in [0.05, 0.1) is 25.6 Å². The predicted octanol–water partition coefficient (Wildman–Crippen LogP) is 2.99. The van der Waals surface area contributed by atoms with Gasteiger partial charge in [-0.15, -0.1) is 0 Å². The smallest absolute Gasteiger partial charge is 0.307 e. The molecule has 2 rings (SSSR count). The summed E-state index contributed by atoms with van der Waals surface area (Å²) in [5, 5.41) is 9.54. The van der Waals surface area contributed by atoms with Crippen LogP contribution < -0.4 is 0 Å². The fourth-order valence-electron chi connectivity index (χ4n) is 3.32. The Kier molecular flexibility index (Phi) is 5.57. The quantitative estimate of drug-likeness (QED) is 0.802. The molecule has 1 fully saturated rings. The highest BCUT2D eigenvalue weighted by Crippen LogP contribution is 2.35. The van der Waals surface area contributed by atoms with E-state index in [2.05, 4.69) is 36.9 Å².